The highest BCUT2D eigenvalue weighted by Crippen LogP contribution is 2.24. The molecule has 0 saturated heterocycles. The van der Waals surface area contributed by atoms with Crippen LogP contribution in [0.25, 0.3) is 11.3 Å². The van der Waals surface area contributed by atoms with E-state index in [1.807, 2.05) is 30.3 Å². The topological polar surface area (TPSA) is 49.8 Å². The quantitative estimate of drug-likeness (QED) is 0.735. The third-order valence-electron chi connectivity index (χ3n) is 2.35. The van der Waals surface area contributed by atoms with Crippen LogP contribution in [0, 0.1) is 0 Å². The van der Waals surface area contributed by atoms with Crippen LogP contribution in [0.3, 0.4) is 0 Å². The summed E-state index contributed by atoms with van der Waals surface area (Å²) in [5.74, 6) is 1.66. The zero-order valence-corrected chi connectivity index (χ0v) is 8.07. The van der Waals surface area contributed by atoms with E-state index < -0.39 is 0 Å². The van der Waals surface area contributed by atoms with Gasteiger partial charge in [0.25, 0.3) is 0 Å². The van der Waals surface area contributed by atoms with Gasteiger partial charge in [-0.3, -0.25) is 0 Å². The second-order valence-electron chi connectivity index (χ2n) is 3.35. The molecule has 1 aliphatic heterocycles. The molecule has 1 aromatic carbocycles. The Hall–Kier alpha value is -2.10. The first kappa shape index (κ1) is 8.23. The minimum atomic E-state index is 0.702. The number of nitrogens with one attached hydrogen (secondary N) is 2. The Balaban J connectivity index is 2.07. The van der Waals surface area contributed by atoms with Gasteiger partial charge in [-0.05, 0) is 0 Å². The van der Waals surface area contributed by atoms with E-state index in [0.29, 0.717) is 6.67 Å². The molecule has 74 valence electrons. The minimum Gasteiger partial charge on any atom is -0.350 e. The van der Waals surface area contributed by atoms with Gasteiger partial charge >= 0.3 is 0 Å². The van der Waals surface area contributed by atoms with Gasteiger partial charge in [0.1, 0.15) is 0 Å². The number of benzene rings is 1. The summed E-state index contributed by atoms with van der Waals surface area (Å²) in [7, 11) is 0. The lowest BCUT2D eigenvalue weighted by Gasteiger charge is -2.02. The Labute approximate surface area is 87.4 Å². The second kappa shape index (κ2) is 3.24. The highest BCUT2D eigenvalue weighted by Gasteiger charge is 2.12. The number of rotatable bonds is 1. The SMILES string of the molecule is c1ccc(-c2cnc3c(n2)NCN3)cc1. The van der Waals surface area contributed by atoms with Crippen molar-refractivity contribution in [1.29, 1.82) is 0 Å². The van der Waals surface area contributed by atoms with Crippen LogP contribution in [0.4, 0.5) is 11.6 Å². The molecular weight excluding hydrogens is 188 g/mol. The third kappa shape index (κ3) is 1.40. The highest BCUT2D eigenvalue weighted by molar-refractivity contribution is 5.69. The van der Waals surface area contributed by atoms with Crippen molar-refractivity contribution in [3.05, 3.63) is 36.5 Å². The molecule has 0 radical (unpaired) electrons. The van der Waals surface area contributed by atoms with E-state index in [4.69, 9.17) is 0 Å². The number of nitrogens with zero attached hydrogens (tertiary/aromatic N) is 2. The zero-order chi connectivity index (χ0) is 10.1. The van der Waals surface area contributed by atoms with E-state index >= 15 is 0 Å². The summed E-state index contributed by atoms with van der Waals surface area (Å²) < 4.78 is 0. The van der Waals surface area contributed by atoms with Crippen LogP contribution >= 0.6 is 0 Å². The van der Waals surface area contributed by atoms with Crippen LogP contribution in [0.5, 0.6) is 0 Å². The van der Waals surface area contributed by atoms with E-state index in [-0.39, 0.29) is 0 Å². The van der Waals surface area contributed by atoms with Gasteiger partial charge in [0.05, 0.1) is 18.6 Å². The van der Waals surface area contributed by atoms with Crippen LogP contribution < -0.4 is 10.6 Å². The summed E-state index contributed by atoms with van der Waals surface area (Å²) >= 11 is 0. The van der Waals surface area contributed by atoms with Crippen LogP contribution in [0.1, 0.15) is 0 Å². The van der Waals surface area contributed by atoms with Gasteiger partial charge in [-0.15, -0.1) is 0 Å². The molecular formula is C11H10N4. The average molecular weight is 198 g/mol. The normalized spacial score (nSPS) is 12.8. The molecule has 0 amide bonds. The first-order valence-corrected chi connectivity index (χ1v) is 4.84. The molecule has 1 aromatic heterocycles. The van der Waals surface area contributed by atoms with Crippen molar-refractivity contribution in [2.24, 2.45) is 0 Å². The standard InChI is InChI=1S/C11H10N4/c1-2-4-8(5-3-1)9-6-12-10-11(15-9)14-7-13-10/h1-6H,7H2,(H,12,13)(H,14,15). The molecule has 0 aliphatic carbocycles. The van der Waals surface area contributed by atoms with Crippen molar-refractivity contribution in [3.63, 3.8) is 0 Å². The summed E-state index contributed by atoms with van der Waals surface area (Å²) in [5.41, 5.74) is 1.98. The molecule has 1 aliphatic rings. The number of hydrogen-bond donors (Lipinski definition) is 2. The van der Waals surface area contributed by atoms with Crippen molar-refractivity contribution in [2.75, 3.05) is 17.3 Å². The molecule has 4 heteroatoms. The fourth-order valence-corrected chi connectivity index (χ4v) is 1.60. The van der Waals surface area contributed by atoms with Crippen molar-refractivity contribution in [1.82, 2.24) is 9.97 Å². The van der Waals surface area contributed by atoms with E-state index in [2.05, 4.69) is 20.6 Å². The van der Waals surface area contributed by atoms with Gasteiger partial charge in [-0.1, -0.05) is 30.3 Å². The monoisotopic (exact) mass is 198 g/mol. The number of fused-ring (bicyclic) bond motifs is 1. The smallest absolute Gasteiger partial charge is 0.171 e. The van der Waals surface area contributed by atoms with E-state index in [0.717, 1.165) is 22.9 Å². The molecule has 0 unspecified atom stereocenters. The predicted molar refractivity (Wildman–Crippen MR) is 59.6 cm³/mol. The first-order chi connectivity index (χ1) is 7.43. The minimum absolute atomic E-state index is 0.702. The zero-order valence-electron chi connectivity index (χ0n) is 8.07. The van der Waals surface area contributed by atoms with E-state index in [1.165, 1.54) is 0 Å². The van der Waals surface area contributed by atoms with Gasteiger partial charge in [0.15, 0.2) is 11.6 Å². The number of anilines is 2. The molecule has 0 atom stereocenters. The maximum atomic E-state index is 4.49. The fourth-order valence-electron chi connectivity index (χ4n) is 1.60. The molecule has 0 saturated carbocycles. The summed E-state index contributed by atoms with van der Waals surface area (Å²) in [6.45, 7) is 0.702. The van der Waals surface area contributed by atoms with Crippen molar-refractivity contribution < 1.29 is 0 Å². The largest absolute Gasteiger partial charge is 0.350 e. The van der Waals surface area contributed by atoms with Crippen molar-refractivity contribution in [2.45, 2.75) is 0 Å². The third-order valence-corrected chi connectivity index (χ3v) is 2.35. The Morgan fingerprint density at radius 1 is 1.00 bits per heavy atom. The van der Waals surface area contributed by atoms with Gasteiger partial charge in [0.2, 0.25) is 0 Å². The molecule has 2 N–H and O–H groups in total. The van der Waals surface area contributed by atoms with Crippen LogP contribution in [0.15, 0.2) is 36.5 Å². The Morgan fingerprint density at radius 2 is 1.80 bits per heavy atom. The summed E-state index contributed by atoms with van der Waals surface area (Å²) in [4.78, 5) is 8.79. The number of hydrogen-bond acceptors (Lipinski definition) is 4. The molecule has 0 spiro atoms. The molecule has 0 fully saturated rings. The Bertz CT molecular complexity index is 481. The lowest BCUT2D eigenvalue weighted by molar-refractivity contribution is 1.23. The van der Waals surface area contributed by atoms with Crippen LogP contribution in [0.2, 0.25) is 0 Å². The maximum absolute atomic E-state index is 4.49. The lowest BCUT2D eigenvalue weighted by Crippen LogP contribution is -1.99. The number of aromatic nitrogens is 2. The Morgan fingerprint density at radius 3 is 2.67 bits per heavy atom. The van der Waals surface area contributed by atoms with Crippen LogP contribution in [-0.4, -0.2) is 16.6 Å². The molecule has 0 bridgehead atoms. The summed E-state index contributed by atoms with van der Waals surface area (Å²) in [6, 6.07) is 10.0. The molecule has 3 rings (SSSR count). The van der Waals surface area contributed by atoms with Gasteiger partial charge < -0.3 is 10.6 Å². The lowest BCUT2D eigenvalue weighted by atomic mass is 10.2. The summed E-state index contributed by atoms with van der Waals surface area (Å²) in [6.07, 6.45) is 1.79. The molecule has 4 nitrogen and oxygen atoms in total. The predicted octanol–water partition coefficient (Wildman–Crippen LogP) is 1.94. The van der Waals surface area contributed by atoms with E-state index in [9.17, 15) is 0 Å². The first-order valence-electron chi connectivity index (χ1n) is 4.84. The molecule has 15 heavy (non-hydrogen) atoms. The molecule has 2 aromatic rings. The van der Waals surface area contributed by atoms with Crippen LogP contribution in [-0.2, 0) is 0 Å². The maximum Gasteiger partial charge on any atom is 0.171 e. The van der Waals surface area contributed by atoms with Crippen molar-refractivity contribution >= 4 is 11.6 Å². The van der Waals surface area contributed by atoms with Gasteiger partial charge in [0, 0.05) is 5.56 Å². The van der Waals surface area contributed by atoms with Crippen molar-refractivity contribution in [3.8, 4) is 11.3 Å². The van der Waals surface area contributed by atoms with Gasteiger partial charge in [-0.2, -0.15) is 0 Å². The Kier molecular flexibility index (Phi) is 1.78. The molecule has 2 heterocycles. The second-order valence-corrected chi connectivity index (χ2v) is 3.35. The van der Waals surface area contributed by atoms with E-state index in [1.54, 1.807) is 6.20 Å². The fraction of sp³-hybridized carbons (Fsp3) is 0.0909. The van der Waals surface area contributed by atoms with Gasteiger partial charge in [-0.25, -0.2) is 9.97 Å². The highest BCUT2D eigenvalue weighted by atomic mass is 15.2. The average Bonchev–Trinajstić information content (AvgIpc) is 2.77. The summed E-state index contributed by atoms with van der Waals surface area (Å²) in [5, 5.41) is 6.22.